The van der Waals surface area contributed by atoms with E-state index in [1.807, 2.05) is 4.90 Å². The zero-order valence-corrected chi connectivity index (χ0v) is 14.8. The second-order valence-electron chi connectivity index (χ2n) is 8.01. The first kappa shape index (κ1) is 17.7. The van der Waals surface area contributed by atoms with E-state index in [9.17, 15) is 14.7 Å². The van der Waals surface area contributed by atoms with E-state index >= 15 is 0 Å². The minimum Gasteiger partial charge on any atom is -0.481 e. The lowest BCUT2D eigenvalue weighted by Gasteiger charge is -2.41. The first-order valence-corrected chi connectivity index (χ1v) is 9.86. The van der Waals surface area contributed by atoms with E-state index < -0.39 is 5.97 Å². The Balaban J connectivity index is 1.55. The van der Waals surface area contributed by atoms with Gasteiger partial charge in [-0.15, -0.1) is 0 Å². The maximum Gasteiger partial charge on any atom is 0.303 e. The number of carbonyl (C=O) groups is 2. The van der Waals surface area contributed by atoms with E-state index in [1.54, 1.807) is 0 Å². The van der Waals surface area contributed by atoms with Crippen molar-refractivity contribution < 1.29 is 14.7 Å². The Morgan fingerprint density at radius 3 is 2.29 bits per heavy atom. The van der Waals surface area contributed by atoms with Gasteiger partial charge in [0.15, 0.2) is 0 Å². The number of carboxylic acids is 1. The van der Waals surface area contributed by atoms with Gasteiger partial charge in [0, 0.05) is 25.4 Å². The molecular weight excluding hydrogens is 304 g/mol. The molecule has 2 saturated heterocycles. The van der Waals surface area contributed by atoms with Gasteiger partial charge in [-0.1, -0.05) is 12.8 Å². The molecule has 0 aromatic heterocycles. The fourth-order valence-corrected chi connectivity index (χ4v) is 4.55. The fourth-order valence-electron chi connectivity index (χ4n) is 4.55. The lowest BCUT2D eigenvalue weighted by Crippen LogP contribution is -2.48. The number of carbonyl (C=O) groups excluding carboxylic acids is 1. The van der Waals surface area contributed by atoms with Crippen LogP contribution in [0.2, 0.25) is 0 Å². The van der Waals surface area contributed by atoms with Gasteiger partial charge in [0.25, 0.3) is 0 Å². The molecule has 3 fully saturated rings. The van der Waals surface area contributed by atoms with Crippen molar-refractivity contribution in [2.24, 2.45) is 17.8 Å². The Morgan fingerprint density at radius 1 is 0.917 bits per heavy atom. The molecule has 2 heterocycles. The van der Waals surface area contributed by atoms with E-state index in [4.69, 9.17) is 0 Å². The summed E-state index contributed by atoms with van der Waals surface area (Å²) >= 11 is 0. The van der Waals surface area contributed by atoms with Crippen LogP contribution in [0.1, 0.15) is 57.8 Å². The van der Waals surface area contributed by atoms with Crippen molar-refractivity contribution in [3.8, 4) is 0 Å². The van der Waals surface area contributed by atoms with Gasteiger partial charge in [0.2, 0.25) is 5.91 Å². The third-order valence-corrected chi connectivity index (χ3v) is 6.36. The Labute approximate surface area is 145 Å². The summed E-state index contributed by atoms with van der Waals surface area (Å²) in [6.45, 7) is 4.96. The molecule has 1 N–H and O–H groups in total. The van der Waals surface area contributed by atoms with Gasteiger partial charge in [-0.05, 0) is 70.0 Å². The zero-order chi connectivity index (χ0) is 16.9. The highest BCUT2D eigenvalue weighted by atomic mass is 16.4. The Kier molecular flexibility index (Phi) is 6.14. The van der Waals surface area contributed by atoms with Gasteiger partial charge >= 0.3 is 5.97 Å². The molecule has 136 valence electrons. The number of hydrogen-bond donors (Lipinski definition) is 1. The molecule has 5 heteroatoms. The molecule has 24 heavy (non-hydrogen) atoms. The van der Waals surface area contributed by atoms with E-state index in [0.29, 0.717) is 11.8 Å². The highest BCUT2D eigenvalue weighted by molar-refractivity contribution is 5.79. The first-order valence-electron chi connectivity index (χ1n) is 9.86. The first-order chi connectivity index (χ1) is 11.6. The van der Waals surface area contributed by atoms with Crippen molar-refractivity contribution in [3.63, 3.8) is 0 Å². The van der Waals surface area contributed by atoms with Crippen LogP contribution in [-0.2, 0) is 9.59 Å². The monoisotopic (exact) mass is 336 g/mol. The molecule has 5 nitrogen and oxygen atoms in total. The lowest BCUT2D eigenvalue weighted by atomic mass is 9.79. The number of piperidine rings is 2. The van der Waals surface area contributed by atoms with Crippen LogP contribution in [0.25, 0.3) is 0 Å². The van der Waals surface area contributed by atoms with Gasteiger partial charge in [-0.2, -0.15) is 0 Å². The van der Waals surface area contributed by atoms with Gasteiger partial charge in [-0.25, -0.2) is 0 Å². The van der Waals surface area contributed by atoms with Crippen LogP contribution >= 0.6 is 0 Å². The number of rotatable bonds is 6. The number of hydrogen-bond acceptors (Lipinski definition) is 3. The predicted molar refractivity (Wildman–Crippen MR) is 92.7 cm³/mol. The number of amides is 1. The molecule has 0 bridgehead atoms. The lowest BCUT2D eigenvalue weighted by molar-refractivity contribution is -0.142. The molecule has 1 saturated carbocycles. The van der Waals surface area contributed by atoms with Crippen LogP contribution in [0.5, 0.6) is 0 Å². The summed E-state index contributed by atoms with van der Waals surface area (Å²) in [5, 5.41) is 9.22. The third kappa shape index (κ3) is 4.50. The number of likely N-dealkylation sites (tertiary alicyclic amines) is 2. The molecule has 2 unspecified atom stereocenters. The zero-order valence-electron chi connectivity index (χ0n) is 14.8. The molecule has 2 atom stereocenters. The smallest absolute Gasteiger partial charge is 0.303 e. The predicted octanol–water partition coefficient (Wildman–Crippen LogP) is 2.60. The highest BCUT2D eigenvalue weighted by Gasteiger charge is 2.36. The summed E-state index contributed by atoms with van der Waals surface area (Å²) in [4.78, 5) is 28.3. The maximum atomic E-state index is 12.6. The second-order valence-corrected chi connectivity index (χ2v) is 8.01. The van der Waals surface area contributed by atoms with Crippen LogP contribution in [0.3, 0.4) is 0 Å². The van der Waals surface area contributed by atoms with Crippen LogP contribution in [0, 0.1) is 17.8 Å². The van der Waals surface area contributed by atoms with Crippen molar-refractivity contribution in [1.82, 2.24) is 9.80 Å². The summed E-state index contributed by atoms with van der Waals surface area (Å²) < 4.78 is 0. The topological polar surface area (TPSA) is 60.9 Å². The van der Waals surface area contributed by atoms with Crippen molar-refractivity contribution in [3.05, 3.63) is 0 Å². The molecule has 1 amide bonds. The molecule has 0 spiro atoms. The Morgan fingerprint density at radius 2 is 1.67 bits per heavy atom. The van der Waals surface area contributed by atoms with Crippen LogP contribution in [0.15, 0.2) is 0 Å². The van der Waals surface area contributed by atoms with Crippen molar-refractivity contribution in [2.75, 3.05) is 32.7 Å². The molecule has 0 radical (unpaired) electrons. The SMILES string of the molecule is O=C(O)CC1CCN(C(=O)C2CCC2)CC1CCN1CCCCC1. The normalized spacial score (nSPS) is 29.2. The standard InChI is InChI=1S/C19H32N2O3/c22-18(23)13-16-8-12-21(19(24)15-5-4-6-15)14-17(16)7-11-20-9-2-1-3-10-20/h15-17H,1-14H2,(H,22,23). The van der Waals surface area contributed by atoms with Crippen LogP contribution in [0.4, 0.5) is 0 Å². The van der Waals surface area contributed by atoms with Crippen LogP contribution < -0.4 is 0 Å². The molecule has 0 aromatic rings. The largest absolute Gasteiger partial charge is 0.481 e. The van der Waals surface area contributed by atoms with E-state index in [0.717, 1.165) is 45.3 Å². The molecule has 3 rings (SSSR count). The minimum absolute atomic E-state index is 0.234. The summed E-state index contributed by atoms with van der Waals surface area (Å²) in [6.07, 6.45) is 9.34. The molecule has 0 aromatic carbocycles. The third-order valence-electron chi connectivity index (χ3n) is 6.36. The van der Waals surface area contributed by atoms with E-state index in [2.05, 4.69) is 4.90 Å². The Hall–Kier alpha value is -1.10. The summed E-state index contributed by atoms with van der Waals surface area (Å²) in [5.74, 6) is 0.474. The Bertz CT molecular complexity index is 444. The minimum atomic E-state index is -0.693. The molecule has 3 aliphatic rings. The van der Waals surface area contributed by atoms with Crippen molar-refractivity contribution in [1.29, 1.82) is 0 Å². The average Bonchev–Trinajstić information content (AvgIpc) is 2.52. The fraction of sp³-hybridized carbons (Fsp3) is 0.895. The number of aliphatic carboxylic acids is 1. The molecule has 2 aliphatic heterocycles. The number of nitrogens with zero attached hydrogens (tertiary/aromatic N) is 2. The van der Waals surface area contributed by atoms with E-state index in [-0.39, 0.29) is 18.3 Å². The highest BCUT2D eigenvalue weighted by Crippen LogP contribution is 2.34. The van der Waals surface area contributed by atoms with Crippen molar-refractivity contribution in [2.45, 2.75) is 57.8 Å². The molecule has 1 aliphatic carbocycles. The summed E-state index contributed by atoms with van der Waals surface area (Å²) in [6, 6.07) is 0. The van der Waals surface area contributed by atoms with Gasteiger partial charge in [0.1, 0.15) is 0 Å². The van der Waals surface area contributed by atoms with E-state index in [1.165, 1.54) is 38.8 Å². The molecular formula is C19H32N2O3. The summed E-state index contributed by atoms with van der Waals surface area (Å²) in [5.41, 5.74) is 0. The van der Waals surface area contributed by atoms with Gasteiger partial charge in [-0.3, -0.25) is 9.59 Å². The van der Waals surface area contributed by atoms with Crippen molar-refractivity contribution >= 4 is 11.9 Å². The van der Waals surface area contributed by atoms with Crippen LogP contribution in [-0.4, -0.2) is 59.5 Å². The summed E-state index contributed by atoms with van der Waals surface area (Å²) in [7, 11) is 0. The maximum absolute atomic E-state index is 12.6. The van der Waals surface area contributed by atoms with Gasteiger partial charge < -0.3 is 14.9 Å². The number of carboxylic acid groups (broad SMARTS) is 1. The quantitative estimate of drug-likeness (QED) is 0.810. The average molecular weight is 336 g/mol. The van der Waals surface area contributed by atoms with Gasteiger partial charge in [0.05, 0.1) is 0 Å². The second kappa shape index (κ2) is 8.32.